The highest BCUT2D eigenvalue weighted by atomic mass is 32.1. The summed E-state index contributed by atoms with van der Waals surface area (Å²) in [4.78, 5) is 32.8. The molecule has 180 valence electrons. The Morgan fingerprint density at radius 3 is 2.35 bits per heavy atom. The highest BCUT2D eigenvalue weighted by Crippen LogP contribution is 2.29. The smallest absolute Gasteiger partial charge is 0.270 e. The van der Waals surface area contributed by atoms with E-state index in [1.54, 1.807) is 23.5 Å². The van der Waals surface area contributed by atoms with Crippen LogP contribution in [0.4, 0.5) is 4.39 Å². The predicted molar refractivity (Wildman–Crippen MR) is 133 cm³/mol. The number of carbonyl (C=O) groups excluding carboxylic acids is 2. The number of aromatic nitrogens is 1. The number of halogens is 1. The van der Waals surface area contributed by atoms with Crippen LogP contribution in [-0.4, -0.2) is 76.9 Å². The molecular formula is C26H31FN4O2S. The van der Waals surface area contributed by atoms with E-state index in [1.807, 2.05) is 31.9 Å². The minimum absolute atomic E-state index is 0.00622. The maximum Gasteiger partial charge on any atom is 0.270 e. The zero-order valence-corrected chi connectivity index (χ0v) is 20.4. The molecule has 0 spiro atoms. The fourth-order valence-electron chi connectivity index (χ4n) is 5.13. The van der Waals surface area contributed by atoms with Gasteiger partial charge in [0.05, 0.1) is 10.2 Å². The van der Waals surface area contributed by atoms with Gasteiger partial charge in [-0.25, -0.2) is 4.39 Å². The summed E-state index contributed by atoms with van der Waals surface area (Å²) in [6.07, 6.45) is 1.43. The van der Waals surface area contributed by atoms with E-state index in [1.165, 1.54) is 12.1 Å². The molecule has 6 nitrogen and oxygen atoms in total. The molecule has 0 radical (unpaired) electrons. The van der Waals surface area contributed by atoms with Crippen molar-refractivity contribution in [2.45, 2.75) is 26.3 Å². The van der Waals surface area contributed by atoms with Crippen LogP contribution >= 0.6 is 11.3 Å². The Hall–Kier alpha value is -2.71. The molecule has 0 bridgehead atoms. The Bertz CT molecular complexity index is 1160. The summed E-state index contributed by atoms with van der Waals surface area (Å²) in [6, 6.07) is 10.4. The van der Waals surface area contributed by atoms with E-state index in [0.717, 1.165) is 48.5 Å². The third-order valence-electron chi connectivity index (χ3n) is 7.26. The van der Waals surface area contributed by atoms with E-state index in [2.05, 4.69) is 11.8 Å². The Labute approximate surface area is 203 Å². The molecule has 2 fully saturated rings. The van der Waals surface area contributed by atoms with Crippen LogP contribution < -0.4 is 0 Å². The molecule has 34 heavy (non-hydrogen) atoms. The van der Waals surface area contributed by atoms with Crippen molar-refractivity contribution >= 4 is 33.4 Å². The Balaban J connectivity index is 1.26. The highest BCUT2D eigenvalue weighted by molar-refractivity contribution is 7.17. The lowest BCUT2D eigenvalue weighted by Crippen LogP contribution is -2.51. The number of benzene rings is 1. The summed E-state index contributed by atoms with van der Waals surface area (Å²) < 4.78 is 16.5. The van der Waals surface area contributed by atoms with Gasteiger partial charge in [-0.05, 0) is 54.6 Å². The Morgan fingerprint density at radius 1 is 0.971 bits per heavy atom. The number of carbonyl (C=O) groups is 2. The molecule has 2 amide bonds. The third kappa shape index (κ3) is 4.61. The van der Waals surface area contributed by atoms with Gasteiger partial charge >= 0.3 is 0 Å². The zero-order valence-electron chi connectivity index (χ0n) is 19.6. The standard InChI is InChI=1S/C26H31FN4O2S/c1-2-28-12-14-30(15-13-28)25(32)20-7-10-29(11-8-20)26(33)23-17-24-22(9-16-34-24)31(23)18-19-3-5-21(27)6-4-19/h3-6,9,16-17,20H,2,7-8,10-15,18H2,1H3. The minimum atomic E-state index is -0.266. The van der Waals surface area contributed by atoms with Crippen LogP contribution in [0, 0.1) is 11.7 Å². The maximum atomic E-state index is 13.5. The van der Waals surface area contributed by atoms with Crippen molar-refractivity contribution in [2.75, 3.05) is 45.8 Å². The number of hydrogen-bond donors (Lipinski definition) is 0. The molecule has 0 unspecified atom stereocenters. The molecule has 0 N–H and O–H groups in total. The van der Waals surface area contributed by atoms with Crippen molar-refractivity contribution in [2.24, 2.45) is 5.92 Å². The lowest BCUT2D eigenvalue weighted by atomic mass is 9.94. The van der Waals surface area contributed by atoms with Gasteiger partial charge in [-0.1, -0.05) is 19.1 Å². The lowest BCUT2D eigenvalue weighted by Gasteiger charge is -2.38. The van der Waals surface area contributed by atoms with Crippen LogP contribution in [0.5, 0.6) is 0 Å². The summed E-state index contributed by atoms with van der Waals surface area (Å²) in [5.74, 6) is 0.000593. The number of amides is 2. The van der Waals surface area contributed by atoms with Crippen LogP contribution in [-0.2, 0) is 11.3 Å². The molecule has 3 aromatic rings. The van der Waals surface area contributed by atoms with Crippen molar-refractivity contribution in [1.29, 1.82) is 0 Å². The molecule has 1 aromatic carbocycles. The number of piperidine rings is 1. The van der Waals surface area contributed by atoms with Crippen molar-refractivity contribution in [1.82, 2.24) is 19.3 Å². The number of rotatable bonds is 5. The quantitative estimate of drug-likeness (QED) is 0.554. The SMILES string of the molecule is CCN1CCN(C(=O)C2CCN(C(=O)c3cc4sccc4n3Cc3ccc(F)cc3)CC2)CC1. The van der Waals surface area contributed by atoms with Gasteiger partial charge in [0.2, 0.25) is 5.91 Å². The average Bonchev–Trinajstić information content (AvgIpc) is 3.47. The normalized spacial score (nSPS) is 18.1. The van der Waals surface area contributed by atoms with Crippen molar-refractivity contribution < 1.29 is 14.0 Å². The fourth-order valence-corrected chi connectivity index (χ4v) is 5.95. The molecule has 2 aromatic heterocycles. The van der Waals surface area contributed by atoms with Gasteiger partial charge in [-0.15, -0.1) is 11.3 Å². The molecule has 2 aliphatic rings. The van der Waals surface area contributed by atoms with E-state index in [4.69, 9.17) is 0 Å². The summed E-state index contributed by atoms with van der Waals surface area (Å²) in [5, 5.41) is 2.03. The second-order valence-electron chi connectivity index (χ2n) is 9.24. The van der Waals surface area contributed by atoms with E-state index in [-0.39, 0.29) is 23.5 Å². The van der Waals surface area contributed by atoms with Gasteiger partial charge in [0.15, 0.2) is 0 Å². The third-order valence-corrected chi connectivity index (χ3v) is 8.11. The van der Waals surface area contributed by atoms with Crippen molar-refractivity contribution in [3.05, 3.63) is 58.9 Å². The van der Waals surface area contributed by atoms with Crippen LogP contribution in [0.2, 0.25) is 0 Å². The molecule has 0 aliphatic carbocycles. The van der Waals surface area contributed by atoms with E-state index >= 15 is 0 Å². The molecule has 5 rings (SSSR count). The summed E-state index contributed by atoms with van der Waals surface area (Å²) in [5.41, 5.74) is 2.63. The van der Waals surface area contributed by atoms with Crippen LogP contribution in [0.3, 0.4) is 0 Å². The lowest BCUT2D eigenvalue weighted by molar-refractivity contribution is -0.138. The summed E-state index contributed by atoms with van der Waals surface area (Å²) in [7, 11) is 0. The Morgan fingerprint density at radius 2 is 1.68 bits per heavy atom. The predicted octanol–water partition coefficient (Wildman–Crippen LogP) is 3.91. The van der Waals surface area contributed by atoms with Gasteiger partial charge in [-0.2, -0.15) is 0 Å². The highest BCUT2D eigenvalue weighted by Gasteiger charge is 2.32. The van der Waals surface area contributed by atoms with Gasteiger partial charge in [0.1, 0.15) is 11.5 Å². The molecule has 2 saturated heterocycles. The van der Waals surface area contributed by atoms with Crippen molar-refractivity contribution in [3.8, 4) is 0 Å². The van der Waals surface area contributed by atoms with Crippen molar-refractivity contribution in [3.63, 3.8) is 0 Å². The van der Waals surface area contributed by atoms with E-state index in [0.29, 0.717) is 38.2 Å². The number of thiophene rings is 1. The molecule has 4 heterocycles. The van der Waals surface area contributed by atoms with Gasteiger partial charge in [0, 0.05) is 51.7 Å². The Kier molecular flexibility index (Phi) is 6.70. The van der Waals surface area contributed by atoms with Gasteiger partial charge in [-0.3, -0.25) is 9.59 Å². The minimum Gasteiger partial charge on any atom is -0.340 e. The monoisotopic (exact) mass is 482 g/mol. The van der Waals surface area contributed by atoms with Gasteiger partial charge in [0.25, 0.3) is 5.91 Å². The number of likely N-dealkylation sites (N-methyl/N-ethyl adjacent to an activating group) is 1. The number of nitrogens with zero attached hydrogens (tertiary/aromatic N) is 4. The average molecular weight is 483 g/mol. The van der Waals surface area contributed by atoms with Crippen LogP contribution in [0.25, 0.3) is 10.2 Å². The molecular weight excluding hydrogens is 451 g/mol. The first kappa shape index (κ1) is 23.1. The first-order valence-electron chi connectivity index (χ1n) is 12.1. The number of piperazine rings is 1. The van der Waals surface area contributed by atoms with Gasteiger partial charge < -0.3 is 19.3 Å². The first-order chi connectivity index (χ1) is 16.5. The largest absolute Gasteiger partial charge is 0.340 e. The first-order valence-corrected chi connectivity index (χ1v) is 13.0. The number of fused-ring (bicyclic) bond motifs is 1. The maximum absolute atomic E-state index is 13.5. The molecule has 0 atom stereocenters. The molecule has 8 heteroatoms. The van der Waals surface area contributed by atoms with Crippen LogP contribution in [0.15, 0.2) is 41.8 Å². The summed E-state index contributed by atoms with van der Waals surface area (Å²) in [6.45, 7) is 8.40. The number of hydrogen-bond acceptors (Lipinski definition) is 4. The topological polar surface area (TPSA) is 48.8 Å². The molecule has 2 aliphatic heterocycles. The van der Waals surface area contributed by atoms with E-state index in [9.17, 15) is 14.0 Å². The second-order valence-corrected chi connectivity index (χ2v) is 10.2. The summed E-state index contributed by atoms with van der Waals surface area (Å²) >= 11 is 1.62. The zero-order chi connectivity index (χ0) is 23.7. The van der Waals surface area contributed by atoms with E-state index < -0.39 is 0 Å². The number of likely N-dealkylation sites (tertiary alicyclic amines) is 1. The second kappa shape index (κ2) is 9.88. The molecule has 0 saturated carbocycles. The van der Waals surface area contributed by atoms with Crippen LogP contribution in [0.1, 0.15) is 35.8 Å². The fraction of sp³-hybridized carbons (Fsp3) is 0.462.